The molecule has 0 radical (unpaired) electrons. The molecule has 84 valence electrons. The maximum absolute atomic E-state index is 13.7. The molecule has 2 N–H and O–H groups in total. The number of hydrogen-bond acceptors (Lipinski definition) is 6. The summed E-state index contributed by atoms with van der Waals surface area (Å²) < 4.78 is 19.3. The molecular weight excluding hydrogens is 217 g/mol. The molecule has 16 heavy (non-hydrogen) atoms. The summed E-state index contributed by atoms with van der Waals surface area (Å²) in [4.78, 5) is 14.9. The number of halogens is 1. The fraction of sp³-hybridized carbons (Fsp3) is 0.250. The van der Waals surface area contributed by atoms with Crippen molar-refractivity contribution in [3.63, 3.8) is 0 Å². The van der Waals surface area contributed by atoms with Gasteiger partial charge in [0.15, 0.2) is 17.2 Å². The molecule has 0 aliphatic carbocycles. The second-order valence-corrected chi connectivity index (χ2v) is 2.87. The predicted octanol–water partition coefficient (Wildman–Crippen LogP) is 0.0223. The number of esters is 1. The molecule has 0 amide bonds. The monoisotopic (exact) mass is 225 g/mol. The van der Waals surface area contributed by atoms with Crippen molar-refractivity contribution in [1.29, 1.82) is 0 Å². The zero-order valence-electron chi connectivity index (χ0n) is 8.35. The summed E-state index contributed by atoms with van der Waals surface area (Å²) in [5.41, 5.74) is 4.86. The SMILES string of the molecule is CCOC(=O)c1nn2ncnc(N)c2c1F. The lowest BCUT2D eigenvalue weighted by Crippen LogP contribution is -2.07. The number of hydrogen-bond donors (Lipinski definition) is 1. The number of nitrogens with zero attached hydrogens (tertiary/aromatic N) is 4. The summed E-state index contributed by atoms with van der Waals surface area (Å²) in [7, 11) is 0. The van der Waals surface area contributed by atoms with Crippen molar-refractivity contribution in [2.24, 2.45) is 0 Å². The molecule has 2 aromatic heterocycles. The second kappa shape index (κ2) is 3.72. The lowest BCUT2D eigenvalue weighted by molar-refractivity contribution is 0.0513. The van der Waals surface area contributed by atoms with Gasteiger partial charge >= 0.3 is 5.97 Å². The Morgan fingerprint density at radius 2 is 2.44 bits per heavy atom. The van der Waals surface area contributed by atoms with Gasteiger partial charge in [0.1, 0.15) is 6.33 Å². The van der Waals surface area contributed by atoms with Crippen molar-refractivity contribution in [3.05, 3.63) is 17.8 Å². The number of carbonyl (C=O) groups is 1. The Balaban J connectivity index is 2.61. The first kappa shape index (κ1) is 10.3. The van der Waals surface area contributed by atoms with Gasteiger partial charge in [-0.15, -0.1) is 14.8 Å². The quantitative estimate of drug-likeness (QED) is 0.724. The molecule has 0 atom stereocenters. The molecule has 2 heterocycles. The van der Waals surface area contributed by atoms with Gasteiger partial charge < -0.3 is 10.5 Å². The summed E-state index contributed by atoms with van der Waals surface area (Å²) in [5.74, 6) is -1.82. The number of anilines is 1. The van der Waals surface area contributed by atoms with Crippen LogP contribution < -0.4 is 5.73 Å². The third-order valence-electron chi connectivity index (χ3n) is 1.88. The molecule has 7 nitrogen and oxygen atoms in total. The summed E-state index contributed by atoms with van der Waals surface area (Å²) >= 11 is 0. The molecule has 0 fully saturated rings. The van der Waals surface area contributed by atoms with E-state index in [0.717, 1.165) is 11.0 Å². The third-order valence-corrected chi connectivity index (χ3v) is 1.88. The Kier molecular flexibility index (Phi) is 2.39. The lowest BCUT2D eigenvalue weighted by Gasteiger charge is -1.95. The van der Waals surface area contributed by atoms with Crippen molar-refractivity contribution >= 4 is 17.3 Å². The van der Waals surface area contributed by atoms with Crippen molar-refractivity contribution in [3.8, 4) is 0 Å². The van der Waals surface area contributed by atoms with E-state index in [0.29, 0.717) is 0 Å². The van der Waals surface area contributed by atoms with E-state index < -0.39 is 17.5 Å². The molecular formula is C8H8FN5O2. The smallest absolute Gasteiger partial charge is 0.362 e. The van der Waals surface area contributed by atoms with Crippen LogP contribution in [0.25, 0.3) is 5.52 Å². The minimum Gasteiger partial charge on any atom is -0.461 e. The number of ether oxygens (including phenoxy) is 1. The molecule has 0 aromatic carbocycles. The largest absolute Gasteiger partial charge is 0.461 e. The van der Waals surface area contributed by atoms with Gasteiger partial charge in [0, 0.05) is 0 Å². The highest BCUT2D eigenvalue weighted by molar-refractivity contribution is 5.90. The molecule has 0 bridgehead atoms. The van der Waals surface area contributed by atoms with Crippen LogP contribution in [0.4, 0.5) is 10.2 Å². The van der Waals surface area contributed by atoms with Gasteiger partial charge in [-0.2, -0.15) is 0 Å². The van der Waals surface area contributed by atoms with Crippen LogP contribution in [0.3, 0.4) is 0 Å². The number of aromatic nitrogens is 4. The molecule has 0 saturated carbocycles. The van der Waals surface area contributed by atoms with E-state index in [4.69, 9.17) is 5.73 Å². The standard InChI is InChI=1S/C8H8FN5O2/c1-2-16-8(15)5-4(9)6-7(10)11-3-12-14(6)13-5/h3H,2H2,1H3,(H2,10,11,12). The maximum Gasteiger partial charge on any atom is 0.362 e. The highest BCUT2D eigenvalue weighted by atomic mass is 19.1. The van der Waals surface area contributed by atoms with Gasteiger partial charge in [0.2, 0.25) is 5.69 Å². The average Bonchev–Trinajstić information content (AvgIpc) is 2.58. The molecule has 0 saturated heterocycles. The molecule has 2 rings (SSSR count). The predicted molar refractivity (Wildman–Crippen MR) is 51.1 cm³/mol. The third kappa shape index (κ3) is 1.44. The van der Waals surface area contributed by atoms with E-state index >= 15 is 0 Å². The van der Waals surface area contributed by atoms with Crippen LogP contribution in [-0.4, -0.2) is 32.4 Å². The Morgan fingerprint density at radius 1 is 1.69 bits per heavy atom. The normalized spacial score (nSPS) is 10.6. The Labute approximate surface area is 89.0 Å². The molecule has 0 unspecified atom stereocenters. The minimum absolute atomic E-state index is 0.0875. The van der Waals surface area contributed by atoms with E-state index in [-0.39, 0.29) is 17.9 Å². The fourth-order valence-corrected chi connectivity index (χ4v) is 1.21. The number of nitrogens with two attached hydrogens (primary N) is 1. The first-order valence-electron chi connectivity index (χ1n) is 4.47. The van der Waals surface area contributed by atoms with E-state index in [9.17, 15) is 9.18 Å². The van der Waals surface area contributed by atoms with Crippen LogP contribution in [0.15, 0.2) is 6.33 Å². The van der Waals surface area contributed by atoms with Crippen LogP contribution in [-0.2, 0) is 4.74 Å². The molecule has 8 heteroatoms. The fourth-order valence-electron chi connectivity index (χ4n) is 1.21. The molecule has 0 spiro atoms. The van der Waals surface area contributed by atoms with Crippen molar-refractivity contribution < 1.29 is 13.9 Å². The summed E-state index contributed by atoms with van der Waals surface area (Å²) in [6.45, 7) is 1.74. The Bertz CT molecular complexity index is 553. The van der Waals surface area contributed by atoms with Gasteiger partial charge in [-0.1, -0.05) is 0 Å². The first-order chi connectivity index (χ1) is 7.65. The highest BCUT2D eigenvalue weighted by Gasteiger charge is 2.23. The second-order valence-electron chi connectivity index (χ2n) is 2.87. The Morgan fingerprint density at radius 3 is 3.06 bits per heavy atom. The maximum atomic E-state index is 13.7. The van der Waals surface area contributed by atoms with Crippen LogP contribution in [0.1, 0.15) is 17.4 Å². The van der Waals surface area contributed by atoms with Gasteiger partial charge in [0.25, 0.3) is 0 Å². The van der Waals surface area contributed by atoms with Crippen LogP contribution in [0, 0.1) is 5.82 Å². The average molecular weight is 225 g/mol. The number of nitrogen functional groups attached to an aromatic ring is 1. The van der Waals surface area contributed by atoms with Gasteiger partial charge in [-0.05, 0) is 6.92 Å². The molecule has 0 aliphatic heterocycles. The minimum atomic E-state index is -0.878. The van der Waals surface area contributed by atoms with E-state index in [1.165, 1.54) is 0 Å². The van der Waals surface area contributed by atoms with Gasteiger partial charge in [-0.3, -0.25) is 0 Å². The van der Waals surface area contributed by atoms with E-state index in [2.05, 4.69) is 19.9 Å². The summed E-state index contributed by atoms with van der Waals surface area (Å²) in [6.07, 6.45) is 1.11. The number of carbonyl (C=O) groups excluding carboxylic acids is 1. The lowest BCUT2D eigenvalue weighted by atomic mass is 10.3. The molecule has 2 aromatic rings. The first-order valence-corrected chi connectivity index (χ1v) is 4.47. The topological polar surface area (TPSA) is 95.4 Å². The van der Waals surface area contributed by atoms with E-state index in [1.807, 2.05) is 0 Å². The summed E-state index contributed by atoms with van der Waals surface area (Å²) in [6, 6.07) is 0. The Hall–Kier alpha value is -2.25. The summed E-state index contributed by atoms with van der Waals surface area (Å²) in [5, 5.41) is 7.26. The zero-order chi connectivity index (χ0) is 11.7. The zero-order valence-corrected chi connectivity index (χ0v) is 8.35. The van der Waals surface area contributed by atoms with Crippen LogP contribution in [0.2, 0.25) is 0 Å². The van der Waals surface area contributed by atoms with Gasteiger partial charge in [0.05, 0.1) is 6.61 Å². The van der Waals surface area contributed by atoms with Crippen molar-refractivity contribution in [2.75, 3.05) is 12.3 Å². The van der Waals surface area contributed by atoms with Crippen molar-refractivity contribution in [2.45, 2.75) is 6.92 Å². The number of fused-ring (bicyclic) bond motifs is 1. The van der Waals surface area contributed by atoms with Crippen LogP contribution in [0.5, 0.6) is 0 Å². The number of rotatable bonds is 2. The van der Waals surface area contributed by atoms with Crippen molar-refractivity contribution in [1.82, 2.24) is 19.8 Å². The molecule has 0 aliphatic rings. The van der Waals surface area contributed by atoms with Crippen LogP contribution >= 0.6 is 0 Å². The van der Waals surface area contributed by atoms with E-state index in [1.54, 1.807) is 6.92 Å². The highest BCUT2D eigenvalue weighted by Crippen LogP contribution is 2.17. The van der Waals surface area contributed by atoms with Gasteiger partial charge in [-0.25, -0.2) is 14.2 Å².